The van der Waals surface area contributed by atoms with Crippen LogP contribution in [0, 0.1) is 0 Å². The summed E-state index contributed by atoms with van der Waals surface area (Å²) in [6, 6.07) is 0.793. The fourth-order valence-corrected chi connectivity index (χ4v) is 2.30. The second-order valence-corrected chi connectivity index (χ2v) is 5.57. The quantitative estimate of drug-likeness (QED) is 0.642. The monoisotopic (exact) mass is 242 g/mol. The topological polar surface area (TPSA) is 21.8 Å². The molecule has 1 aliphatic heterocycles. The van der Waals surface area contributed by atoms with Crippen LogP contribution in [0.15, 0.2) is 0 Å². The van der Waals surface area contributed by atoms with Gasteiger partial charge in [0.15, 0.2) is 0 Å². The van der Waals surface area contributed by atoms with E-state index < -0.39 is 0 Å². The molecule has 0 aromatic heterocycles. The Morgan fingerprint density at radius 2 is 1.65 bits per heavy atom. The Hall–Kier alpha value is -0.160. The maximum atomic E-state index is 3.50. The highest BCUT2D eigenvalue weighted by Gasteiger charge is 2.19. The molecular weight excluding hydrogens is 212 g/mol. The number of hydrogen-bond donors (Lipinski definition) is 1. The fraction of sp³-hybridized carbons (Fsp3) is 1.00. The van der Waals surface area contributed by atoms with E-state index in [1.54, 1.807) is 0 Å². The molecule has 0 radical (unpaired) electrons. The van der Waals surface area contributed by atoms with Gasteiger partial charge in [-0.05, 0) is 54.1 Å². The summed E-state index contributed by atoms with van der Waals surface area (Å²) in [4.78, 5) is 7.17. The van der Waals surface area contributed by atoms with E-state index in [1.165, 1.54) is 32.5 Å². The second kappa shape index (κ2) is 8.03. The lowest BCUT2D eigenvalue weighted by molar-refractivity contribution is 0.145. The number of piperidine rings is 1. The first-order chi connectivity index (χ1) is 8.09. The molecule has 4 heteroatoms. The Kier molecular flexibility index (Phi) is 7.04. The highest BCUT2D eigenvalue weighted by atomic mass is 15.2. The third kappa shape index (κ3) is 6.36. The van der Waals surface area contributed by atoms with E-state index >= 15 is 0 Å². The maximum Gasteiger partial charge on any atom is 0.0117 e. The van der Waals surface area contributed by atoms with Crippen molar-refractivity contribution in [2.45, 2.75) is 18.9 Å². The molecule has 0 aliphatic carbocycles. The van der Waals surface area contributed by atoms with Crippen molar-refractivity contribution in [3.8, 4) is 0 Å². The molecule has 0 aromatic carbocycles. The van der Waals surface area contributed by atoms with E-state index in [9.17, 15) is 0 Å². The molecule has 17 heavy (non-hydrogen) atoms. The minimum atomic E-state index is 0.793. The van der Waals surface area contributed by atoms with Gasteiger partial charge in [0, 0.05) is 32.2 Å². The van der Waals surface area contributed by atoms with Gasteiger partial charge >= 0.3 is 0 Å². The number of nitrogens with zero attached hydrogens (tertiary/aromatic N) is 3. The van der Waals surface area contributed by atoms with Crippen molar-refractivity contribution in [2.24, 2.45) is 0 Å². The minimum absolute atomic E-state index is 0.793. The van der Waals surface area contributed by atoms with Gasteiger partial charge in [-0.2, -0.15) is 0 Å². The van der Waals surface area contributed by atoms with E-state index in [4.69, 9.17) is 0 Å². The van der Waals surface area contributed by atoms with Crippen LogP contribution < -0.4 is 5.32 Å². The standard InChI is InChI=1S/C13H30N4/c1-15(2)11-7-14-8-12-17(4)13-5-9-16(3)10-6-13/h13-14H,5-12H2,1-4H3. The number of likely N-dealkylation sites (tertiary alicyclic amines) is 1. The van der Waals surface area contributed by atoms with Gasteiger partial charge in [-0.25, -0.2) is 0 Å². The Morgan fingerprint density at radius 1 is 1.06 bits per heavy atom. The summed E-state index contributed by atoms with van der Waals surface area (Å²) in [5.74, 6) is 0. The predicted molar refractivity (Wildman–Crippen MR) is 74.6 cm³/mol. The minimum Gasteiger partial charge on any atom is -0.314 e. The van der Waals surface area contributed by atoms with Crippen molar-refractivity contribution < 1.29 is 0 Å². The Bertz CT molecular complexity index is 188. The average Bonchev–Trinajstić information content (AvgIpc) is 2.29. The summed E-state index contributed by atoms with van der Waals surface area (Å²) in [6.45, 7) is 7.00. The number of hydrogen-bond acceptors (Lipinski definition) is 4. The SMILES string of the molecule is CN(C)CCNCCN(C)C1CCN(C)CC1. The van der Waals surface area contributed by atoms with Crippen LogP contribution in [0.5, 0.6) is 0 Å². The molecule has 0 unspecified atom stereocenters. The number of nitrogens with one attached hydrogen (secondary N) is 1. The lowest BCUT2D eigenvalue weighted by atomic mass is 10.0. The molecular formula is C13H30N4. The molecule has 102 valence electrons. The molecule has 0 atom stereocenters. The molecule has 1 heterocycles. The number of likely N-dealkylation sites (N-methyl/N-ethyl adjacent to an activating group) is 2. The van der Waals surface area contributed by atoms with Gasteiger partial charge in [-0.15, -0.1) is 0 Å². The molecule has 1 N–H and O–H groups in total. The molecule has 0 amide bonds. The van der Waals surface area contributed by atoms with Crippen LogP contribution in [0.3, 0.4) is 0 Å². The summed E-state index contributed by atoms with van der Waals surface area (Å²) >= 11 is 0. The third-order valence-electron chi connectivity index (χ3n) is 3.69. The molecule has 0 aromatic rings. The summed E-state index contributed by atoms with van der Waals surface area (Å²) in [6.07, 6.45) is 2.65. The molecule has 1 saturated heterocycles. The lowest BCUT2D eigenvalue weighted by Gasteiger charge is -2.35. The van der Waals surface area contributed by atoms with E-state index in [1.807, 2.05) is 0 Å². The third-order valence-corrected chi connectivity index (χ3v) is 3.69. The van der Waals surface area contributed by atoms with Crippen molar-refractivity contribution in [3.63, 3.8) is 0 Å². The summed E-state index contributed by atoms with van der Waals surface area (Å²) < 4.78 is 0. The molecule has 0 spiro atoms. The number of rotatable bonds is 7. The first kappa shape index (κ1) is 14.9. The van der Waals surface area contributed by atoms with Crippen LogP contribution >= 0.6 is 0 Å². The van der Waals surface area contributed by atoms with Crippen molar-refractivity contribution >= 4 is 0 Å². The average molecular weight is 242 g/mol. The Labute approximate surface area is 107 Å². The Balaban J connectivity index is 2.02. The van der Waals surface area contributed by atoms with Crippen LogP contribution in [0.1, 0.15) is 12.8 Å². The molecule has 1 rings (SSSR count). The zero-order valence-corrected chi connectivity index (χ0v) is 12.1. The largest absolute Gasteiger partial charge is 0.314 e. The van der Waals surface area contributed by atoms with E-state index in [2.05, 4.69) is 48.2 Å². The van der Waals surface area contributed by atoms with Crippen LogP contribution in [-0.2, 0) is 0 Å². The van der Waals surface area contributed by atoms with Gasteiger partial charge in [0.05, 0.1) is 0 Å². The van der Waals surface area contributed by atoms with Crippen molar-refractivity contribution in [2.75, 3.05) is 67.5 Å². The van der Waals surface area contributed by atoms with E-state index in [0.717, 1.165) is 25.7 Å². The zero-order chi connectivity index (χ0) is 12.7. The molecule has 0 saturated carbocycles. The van der Waals surface area contributed by atoms with Crippen molar-refractivity contribution in [1.29, 1.82) is 0 Å². The lowest BCUT2D eigenvalue weighted by Crippen LogP contribution is -2.44. The maximum absolute atomic E-state index is 3.50. The zero-order valence-electron chi connectivity index (χ0n) is 12.1. The van der Waals surface area contributed by atoms with Crippen LogP contribution in [0.25, 0.3) is 0 Å². The smallest absolute Gasteiger partial charge is 0.0117 e. The van der Waals surface area contributed by atoms with Crippen LogP contribution in [0.2, 0.25) is 0 Å². The van der Waals surface area contributed by atoms with E-state index in [0.29, 0.717) is 0 Å². The molecule has 0 bridgehead atoms. The first-order valence-corrected chi connectivity index (χ1v) is 6.84. The van der Waals surface area contributed by atoms with Crippen LogP contribution in [-0.4, -0.2) is 88.2 Å². The highest BCUT2D eigenvalue weighted by Crippen LogP contribution is 2.13. The van der Waals surface area contributed by atoms with Gasteiger partial charge < -0.3 is 20.0 Å². The Morgan fingerprint density at radius 3 is 2.24 bits per heavy atom. The van der Waals surface area contributed by atoms with Gasteiger partial charge in [0.2, 0.25) is 0 Å². The van der Waals surface area contributed by atoms with Crippen molar-refractivity contribution in [3.05, 3.63) is 0 Å². The summed E-state index contributed by atoms with van der Waals surface area (Å²) in [7, 11) is 8.72. The van der Waals surface area contributed by atoms with Gasteiger partial charge in [0.1, 0.15) is 0 Å². The van der Waals surface area contributed by atoms with Crippen molar-refractivity contribution in [1.82, 2.24) is 20.0 Å². The molecule has 4 nitrogen and oxygen atoms in total. The first-order valence-electron chi connectivity index (χ1n) is 6.84. The van der Waals surface area contributed by atoms with Gasteiger partial charge in [-0.3, -0.25) is 0 Å². The highest BCUT2D eigenvalue weighted by molar-refractivity contribution is 4.77. The van der Waals surface area contributed by atoms with Gasteiger partial charge in [0.25, 0.3) is 0 Å². The summed E-state index contributed by atoms with van der Waals surface area (Å²) in [5.41, 5.74) is 0. The summed E-state index contributed by atoms with van der Waals surface area (Å²) in [5, 5.41) is 3.50. The predicted octanol–water partition coefficient (Wildman–Crippen LogP) is 0.164. The molecule has 1 fully saturated rings. The van der Waals surface area contributed by atoms with E-state index in [-0.39, 0.29) is 0 Å². The van der Waals surface area contributed by atoms with Gasteiger partial charge in [-0.1, -0.05) is 0 Å². The molecule has 1 aliphatic rings. The second-order valence-electron chi connectivity index (χ2n) is 5.57. The normalized spacial score (nSPS) is 19.4. The fourth-order valence-electron chi connectivity index (χ4n) is 2.30. The van der Waals surface area contributed by atoms with Crippen LogP contribution in [0.4, 0.5) is 0 Å².